The van der Waals surface area contributed by atoms with Crippen LogP contribution in [0.3, 0.4) is 0 Å². The van der Waals surface area contributed by atoms with Crippen LogP contribution in [0.2, 0.25) is 0 Å². The zero-order valence-corrected chi connectivity index (χ0v) is 7.38. The molecule has 0 aliphatic heterocycles. The van der Waals surface area contributed by atoms with E-state index in [2.05, 4.69) is 4.98 Å². The Balaban J connectivity index is 3.28. The monoisotopic (exact) mass is 205 g/mol. The molecule has 12 heavy (non-hydrogen) atoms. The fourth-order valence-corrected chi connectivity index (χ4v) is 0.865. The van der Waals surface area contributed by atoms with Gasteiger partial charge in [0.25, 0.3) is 0 Å². The first-order chi connectivity index (χ1) is 5.65. The highest BCUT2D eigenvalue weighted by Crippen LogP contribution is 2.07. The molecule has 0 aliphatic rings. The van der Waals surface area contributed by atoms with Crippen molar-refractivity contribution < 1.29 is 0 Å². The molecule has 0 amide bonds. The normalized spacial score (nSPS) is 11.7. The highest BCUT2D eigenvalue weighted by atomic mass is 35.5. The minimum absolute atomic E-state index is 0.0779. The number of hydrogen-bond acceptors (Lipinski definition) is 3. The second-order valence-corrected chi connectivity index (χ2v) is 2.54. The molecule has 6 heteroatoms. The molecule has 1 aromatic rings. The summed E-state index contributed by atoms with van der Waals surface area (Å²) >= 11 is 10.8. The number of rotatable bonds is 1. The Morgan fingerprint density at radius 1 is 1.75 bits per heavy atom. The van der Waals surface area contributed by atoms with Crippen LogP contribution in [0, 0.1) is 0 Å². The van der Waals surface area contributed by atoms with Crippen LogP contribution in [0.5, 0.6) is 0 Å². The summed E-state index contributed by atoms with van der Waals surface area (Å²) in [6, 6.07) is 1.45. The molecule has 0 saturated heterocycles. The van der Waals surface area contributed by atoms with Gasteiger partial charge in [0.1, 0.15) is 11.0 Å². The number of nitrogens with two attached hydrogens (primary N) is 1. The standard InChI is InChI=1S/C6H5Cl2N3O/c7-3-4(8)11-2-1-5(9)10-6(11)12/h1-3H,(H2,9,10,12)/b4-3-. The first kappa shape index (κ1) is 9.09. The molecule has 0 spiro atoms. The quantitative estimate of drug-likeness (QED) is 0.747. The Bertz CT molecular complexity index is 371. The summed E-state index contributed by atoms with van der Waals surface area (Å²) in [6.45, 7) is 0. The first-order valence-corrected chi connectivity index (χ1v) is 3.78. The number of hydrogen-bond donors (Lipinski definition) is 1. The third-order valence-electron chi connectivity index (χ3n) is 1.15. The van der Waals surface area contributed by atoms with Crippen molar-refractivity contribution in [3.05, 3.63) is 28.3 Å². The van der Waals surface area contributed by atoms with E-state index in [0.29, 0.717) is 0 Å². The highest BCUT2D eigenvalue weighted by molar-refractivity contribution is 6.49. The lowest BCUT2D eigenvalue weighted by atomic mass is 10.6. The fraction of sp³-hybridized carbons (Fsp3) is 0. The molecule has 4 nitrogen and oxygen atoms in total. The summed E-state index contributed by atoms with van der Waals surface area (Å²) in [4.78, 5) is 14.5. The van der Waals surface area contributed by atoms with E-state index in [1.165, 1.54) is 12.3 Å². The minimum atomic E-state index is -0.558. The van der Waals surface area contributed by atoms with E-state index < -0.39 is 5.69 Å². The number of anilines is 1. The highest BCUT2D eigenvalue weighted by Gasteiger charge is 1.99. The van der Waals surface area contributed by atoms with Gasteiger partial charge in [0, 0.05) is 11.7 Å². The van der Waals surface area contributed by atoms with Crippen LogP contribution in [0.4, 0.5) is 5.82 Å². The maximum absolute atomic E-state index is 11.0. The molecule has 1 aromatic heterocycles. The van der Waals surface area contributed by atoms with Crippen LogP contribution < -0.4 is 11.4 Å². The van der Waals surface area contributed by atoms with Crippen molar-refractivity contribution in [2.24, 2.45) is 0 Å². The topological polar surface area (TPSA) is 60.9 Å². The molecule has 1 heterocycles. The largest absolute Gasteiger partial charge is 0.383 e. The van der Waals surface area contributed by atoms with Crippen LogP contribution in [0.1, 0.15) is 0 Å². The lowest BCUT2D eigenvalue weighted by molar-refractivity contribution is 0.959. The molecule has 64 valence electrons. The predicted octanol–water partition coefficient (Wildman–Crippen LogP) is 1.06. The predicted molar refractivity (Wildman–Crippen MR) is 48.9 cm³/mol. The lowest BCUT2D eigenvalue weighted by Gasteiger charge is -2.00. The molecule has 0 aliphatic carbocycles. The molecule has 1 rings (SSSR count). The van der Waals surface area contributed by atoms with Gasteiger partial charge >= 0.3 is 5.69 Å². The van der Waals surface area contributed by atoms with Crippen LogP contribution in [0.25, 0.3) is 5.16 Å². The lowest BCUT2D eigenvalue weighted by Crippen LogP contribution is -2.20. The van der Waals surface area contributed by atoms with Crippen molar-refractivity contribution in [3.8, 4) is 0 Å². The van der Waals surface area contributed by atoms with E-state index >= 15 is 0 Å². The molecule has 2 N–H and O–H groups in total. The van der Waals surface area contributed by atoms with Crippen molar-refractivity contribution in [3.63, 3.8) is 0 Å². The third-order valence-corrected chi connectivity index (χ3v) is 1.75. The van der Waals surface area contributed by atoms with Crippen LogP contribution >= 0.6 is 23.2 Å². The van der Waals surface area contributed by atoms with Crippen LogP contribution in [-0.4, -0.2) is 9.55 Å². The average molecular weight is 206 g/mol. The van der Waals surface area contributed by atoms with E-state index in [-0.39, 0.29) is 11.0 Å². The van der Waals surface area contributed by atoms with Crippen molar-refractivity contribution in [1.29, 1.82) is 0 Å². The molecule has 0 atom stereocenters. The molecule has 0 saturated carbocycles. The summed E-state index contributed by atoms with van der Waals surface area (Å²) in [6.07, 6.45) is 1.39. The van der Waals surface area contributed by atoms with Gasteiger partial charge in [0.05, 0.1) is 0 Å². The average Bonchev–Trinajstić information content (AvgIpc) is 2.03. The Hall–Kier alpha value is -1.00. The van der Waals surface area contributed by atoms with Crippen LogP contribution in [-0.2, 0) is 0 Å². The van der Waals surface area contributed by atoms with Gasteiger partial charge in [-0.1, -0.05) is 23.2 Å². The molecule has 0 aromatic carbocycles. The van der Waals surface area contributed by atoms with Crippen molar-refractivity contribution >= 4 is 34.2 Å². The van der Waals surface area contributed by atoms with E-state index in [4.69, 9.17) is 28.9 Å². The fourth-order valence-electron chi connectivity index (χ4n) is 0.631. The number of aromatic nitrogens is 2. The van der Waals surface area contributed by atoms with E-state index in [9.17, 15) is 4.79 Å². The Kier molecular flexibility index (Phi) is 2.73. The zero-order chi connectivity index (χ0) is 9.14. The Morgan fingerprint density at radius 3 is 2.92 bits per heavy atom. The maximum Gasteiger partial charge on any atom is 0.354 e. The smallest absolute Gasteiger partial charge is 0.354 e. The van der Waals surface area contributed by atoms with Crippen LogP contribution in [0.15, 0.2) is 22.6 Å². The van der Waals surface area contributed by atoms with Gasteiger partial charge in [0.2, 0.25) is 0 Å². The molecular weight excluding hydrogens is 201 g/mol. The second kappa shape index (κ2) is 3.60. The van der Waals surface area contributed by atoms with E-state index in [1.807, 2.05) is 0 Å². The van der Waals surface area contributed by atoms with Gasteiger partial charge in [-0.25, -0.2) is 4.79 Å². The number of nitrogens with zero attached hydrogens (tertiary/aromatic N) is 2. The van der Waals surface area contributed by atoms with Gasteiger partial charge in [-0.05, 0) is 6.07 Å². The maximum atomic E-state index is 11.0. The van der Waals surface area contributed by atoms with Crippen molar-refractivity contribution in [2.45, 2.75) is 0 Å². The summed E-state index contributed by atoms with van der Waals surface area (Å²) in [5.74, 6) is 0.148. The minimum Gasteiger partial charge on any atom is -0.383 e. The summed E-state index contributed by atoms with van der Waals surface area (Å²) in [5.41, 5.74) is 5.76. The summed E-state index contributed by atoms with van der Waals surface area (Å²) < 4.78 is 1.07. The van der Waals surface area contributed by atoms with Gasteiger partial charge < -0.3 is 5.73 Å². The van der Waals surface area contributed by atoms with Gasteiger partial charge in [0.15, 0.2) is 0 Å². The molecule has 0 unspecified atom stereocenters. The van der Waals surface area contributed by atoms with Gasteiger partial charge in [-0.3, -0.25) is 4.57 Å². The molecule has 0 fully saturated rings. The number of nitrogen functional groups attached to an aromatic ring is 1. The number of halogens is 2. The van der Waals surface area contributed by atoms with Crippen molar-refractivity contribution in [2.75, 3.05) is 5.73 Å². The van der Waals surface area contributed by atoms with Crippen molar-refractivity contribution in [1.82, 2.24) is 9.55 Å². The molecular formula is C6H5Cl2N3O. The Morgan fingerprint density at radius 2 is 2.42 bits per heavy atom. The first-order valence-electron chi connectivity index (χ1n) is 2.96. The second-order valence-electron chi connectivity index (χ2n) is 1.94. The summed E-state index contributed by atoms with van der Waals surface area (Å²) in [5, 5.41) is 0.0779. The Labute approximate surface area is 78.2 Å². The van der Waals surface area contributed by atoms with Gasteiger partial charge in [-0.2, -0.15) is 4.98 Å². The van der Waals surface area contributed by atoms with E-state index in [1.54, 1.807) is 0 Å². The van der Waals surface area contributed by atoms with Gasteiger partial charge in [-0.15, -0.1) is 0 Å². The zero-order valence-electron chi connectivity index (χ0n) is 5.87. The van der Waals surface area contributed by atoms with E-state index in [0.717, 1.165) is 10.1 Å². The molecule has 0 radical (unpaired) electrons. The SMILES string of the molecule is Nc1ccn(/C(Cl)=C\Cl)c(=O)n1. The third kappa shape index (κ3) is 1.78. The molecule has 0 bridgehead atoms. The summed E-state index contributed by atoms with van der Waals surface area (Å²) in [7, 11) is 0.